The van der Waals surface area contributed by atoms with Gasteiger partial charge in [-0.25, -0.2) is 0 Å². The first-order chi connectivity index (χ1) is 17.2. The molecule has 188 valence electrons. The van der Waals surface area contributed by atoms with Crippen LogP contribution in [-0.2, 0) is 16.1 Å². The van der Waals surface area contributed by atoms with Crippen LogP contribution in [0.2, 0.25) is 0 Å². The molecule has 1 amide bonds. The summed E-state index contributed by atoms with van der Waals surface area (Å²) in [6.45, 7) is 7.81. The third-order valence-corrected chi connectivity index (χ3v) is 7.76. The third-order valence-electron chi connectivity index (χ3n) is 7.76. The van der Waals surface area contributed by atoms with Crippen molar-refractivity contribution in [3.63, 3.8) is 0 Å². The largest absolute Gasteiger partial charge is 0.494 e. The predicted molar refractivity (Wildman–Crippen MR) is 139 cm³/mol. The van der Waals surface area contributed by atoms with Gasteiger partial charge in [0.25, 0.3) is 0 Å². The molecular formula is C29H39N3O3. The molecule has 5 rings (SSSR count). The lowest BCUT2D eigenvalue weighted by atomic mass is 9.88. The van der Waals surface area contributed by atoms with Crippen LogP contribution in [0.25, 0.3) is 0 Å². The molecule has 0 unspecified atom stereocenters. The van der Waals surface area contributed by atoms with Crippen molar-refractivity contribution < 1.29 is 14.3 Å². The highest BCUT2D eigenvalue weighted by atomic mass is 16.5. The summed E-state index contributed by atoms with van der Waals surface area (Å²) in [5.41, 5.74) is 2.18. The molecule has 2 aromatic rings. The van der Waals surface area contributed by atoms with E-state index in [9.17, 15) is 4.79 Å². The van der Waals surface area contributed by atoms with E-state index in [0.29, 0.717) is 13.1 Å². The van der Waals surface area contributed by atoms with E-state index in [4.69, 9.17) is 9.47 Å². The van der Waals surface area contributed by atoms with Crippen molar-refractivity contribution in [2.75, 3.05) is 57.4 Å². The molecule has 0 atom stereocenters. The Bertz CT molecular complexity index is 935. The second kappa shape index (κ2) is 11.4. The van der Waals surface area contributed by atoms with Crippen molar-refractivity contribution in [3.05, 3.63) is 60.2 Å². The Labute approximate surface area is 209 Å². The molecular weight excluding hydrogens is 438 g/mol. The minimum Gasteiger partial charge on any atom is -0.494 e. The van der Waals surface area contributed by atoms with Crippen molar-refractivity contribution in [2.45, 2.75) is 50.7 Å². The van der Waals surface area contributed by atoms with Crippen LogP contribution in [0, 0.1) is 0 Å². The van der Waals surface area contributed by atoms with Gasteiger partial charge >= 0.3 is 0 Å². The van der Waals surface area contributed by atoms with E-state index < -0.39 is 0 Å². The molecule has 3 aliphatic heterocycles. The Hall–Kier alpha value is -2.57. The van der Waals surface area contributed by atoms with Crippen molar-refractivity contribution in [3.8, 4) is 5.75 Å². The highest BCUT2D eigenvalue weighted by Gasteiger charge is 2.42. The number of amides is 1. The summed E-state index contributed by atoms with van der Waals surface area (Å²) < 4.78 is 12.1. The lowest BCUT2D eigenvalue weighted by Gasteiger charge is -2.47. The number of hydrogen-bond acceptors (Lipinski definition) is 5. The summed E-state index contributed by atoms with van der Waals surface area (Å²) in [6.07, 6.45) is 7.02. The zero-order chi connectivity index (χ0) is 23.9. The van der Waals surface area contributed by atoms with Crippen LogP contribution in [0.15, 0.2) is 54.6 Å². The van der Waals surface area contributed by atoms with Gasteiger partial charge in [0.15, 0.2) is 0 Å². The maximum Gasteiger partial charge on any atom is 0.248 e. The van der Waals surface area contributed by atoms with Gasteiger partial charge in [-0.2, -0.15) is 0 Å². The fourth-order valence-electron chi connectivity index (χ4n) is 5.62. The van der Waals surface area contributed by atoms with Crippen molar-refractivity contribution in [2.24, 2.45) is 0 Å². The lowest BCUT2D eigenvalue weighted by Crippen LogP contribution is -2.58. The standard InChI is InChI=1S/C29H39N3O3/c33-28-23-35-29(24-32(28)22-25-8-3-1-4-9-25)14-19-31(20-15-29)26-10-12-27(13-11-26)34-21-7-18-30-16-5-2-6-17-30/h1,3-4,8-13H,2,5-7,14-24H2. The number of anilines is 1. The predicted octanol–water partition coefficient (Wildman–Crippen LogP) is 4.34. The number of carbonyl (C=O) groups is 1. The average molecular weight is 478 g/mol. The summed E-state index contributed by atoms with van der Waals surface area (Å²) in [6, 6.07) is 18.8. The molecule has 3 heterocycles. The zero-order valence-corrected chi connectivity index (χ0v) is 20.9. The Balaban J connectivity index is 1.08. The van der Waals surface area contributed by atoms with Gasteiger partial charge in [0, 0.05) is 31.9 Å². The van der Waals surface area contributed by atoms with Gasteiger partial charge in [-0.1, -0.05) is 36.8 Å². The molecule has 6 nitrogen and oxygen atoms in total. The monoisotopic (exact) mass is 477 g/mol. The summed E-state index contributed by atoms with van der Waals surface area (Å²) in [7, 11) is 0. The molecule has 2 aromatic carbocycles. The minimum absolute atomic E-state index is 0.0911. The maximum atomic E-state index is 12.5. The molecule has 0 aliphatic carbocycles. The molecule has 0 aromatic heterocycles. The summed E-state index contributed by atoms with van der Waals surface area (Å²) in [4.78, 5) is 19.5. The zero-order valence-electron chi connectivity index (χ0n) is 20.9. The summed E-state index contributed by atoms with van der Waals surface area (Å²) in [5, 5.41) is 0. The number of nitrogens with zero attached hydrogens (tertiary/aromatic N) is 3. The van der Waals surface area contributed by atoms with Crippen LogP contribution in [0.1, 0.15) is 44.1 Å². The van der Waals surface area contributed by atoms with Crippen molar-refractivity contribution >= 4 is 11.6 Å². The third kappa shape index (κ3) is 6.36. The molecule has 1 spiro atoms. The van der Waals surface area contributed by atoms with Crippen LogP contribution in [0.5, 0.6) is 5.75 Å². The SMILES string of the molecule is O=C1COC2(CCN(c3ccc(OCCCN4CCCCC4)cc3)CC2)CN1Cc1ccccc1. The second-order valence-electron chi connectivity index (χ2n) is 10.3. The average Bonchev–Trinajstić information content (AvgIpc) is 2.91. The topological polar surface area (TPSA) is 45.2 Å². The van der Waals surface area contributed by atoms with Crippen molar-refractivity contribution in [1.29, 1.82) is 0 Å². The Morgan fingerprint density at radius 2 is 1.63 bits per heavy atom. The molecule has 0 bridgehead atoms. The summed E-state index contributed by atoms with van der Waals surface area (Å²) >= 11 is 0. The fourth-order valence-corrected chi connectivity index (χ4v) is 5.62. The number of morpholine rings is 1. The Kier molecular flexibility index (Phi) is 7.89. The van der Waals surface area contributed by atoms with E-state index in [1.165, 1.54) is 43.6 Å². The van der Waals surface area contributed by atoms with Crippen LogP contribution in [0.3, 0.4) is 0 Å². The molecule has 3 aliphatic rings. The van der Waals surface area contributed by atoms with Crippen LogP contribution in [-0.4, -0.2) is 73.8 Å². The molecule has 3 fully saturated rings. The van der Waals surface area contributed by atoms with Crippen LogP contribution >= 0.6 is 0 Å². The van der Waals surface area contributed by atoms with Crippen molar-refractivity contribution in [1.82, 2.24) is 9.80 Å². The van der Waals surface area contributed by atoms with Crippen LogP contribution < -0.4 is 9.64 Å². The minimum atomic E-state index is -0.226. The normalized spacial score (nSPS) is 20.9. The van der Waals surface area contributed by atoms with E-state index in [1.807, 2.05) is 23.1 Å². The number of likely N-dealkylation sites (tertiary alicyclic amines) is 1. The first-order valence-corrected chi connectivity index (χ1v) is 13.4. The van der Waals surface area contributed by atoms with E-state index >= 15 is 0 Å². The van der Waals surface area contributed by atoms with E-state index in [-0.39, 0.29) is 18.1 Å². The second-order valence-corrected chi connectivity index (χ2v) is 10.3. The van der Waals surface area contributed by atoms with Gasteiger partial charge in [-0.15, -0.1) is 0 Å². The molecule has 0 N–H and O–H groups in total. The van der Waals surface area contributed by atoms with Crippen LogP contribution in [0.4, 0.5) is 5.69 Å². The smallest absolute Gasteiger partial charge is 0.248 e. The first-order valence-electron chi connectivity index (χ1n) is 13.4. The number of rotatable bonds is 8. The van der Waals surface area contributed by atoms with Gasteiger partial charge in [-0.3, -0.25) is 4.79 Å². The number of benzene rings is 2. The number of hydrogen-bond donors (Lipinski definition) is 0. The Morgan fingerprint density at radius 3 is 2.37 bits per heavy atom. The number of carbonyl (C=O) groups excluding carboxylic acids is 1. The molecule has 3 saturated heterocycles. The van der Waals surface area contributed by atoms with E-state index in [2.05, 4.69) is 46.2 Å². The molecule has 6 heteroatoms. The van der Waals surface area contributed by atoms with Gasteiger partial charge in [0.1, 0.15) is 12.4 Å². The highest BCUT2D eigenvalue weighted by molar-refractivity contribution is 5.78. The highest BCUT2D eigenvalue weighted by Crippen LogP contribution is 2.33. The lowest BCUT2D eigenvalue weighted by molar-refractivity contribution is -0.168. The Morgan fingerprint density at radius 1 is 0.886 bits per heavy atom. The van der Waals surface area contributed by atoms with Gasteiger partial charge in [0.05, 0.1) is 18.8 Å². The van der Waals surface area contributed by atoms with E-state index in [0.717, 1.165) is 51.3 Å². The molecule has 35 heavy (non-hydrogen) atoms. The molecule has 0 radical (unpaired) electrons. The first kappa shape index (κ1) is 24.1. The molecule has 0 saturated carbocycles. The maximum absolute atomic E-state index is 12.5. The quantitative estimate of drug-likeness (QED) is 0.530. The van der Waals surface area contributed by atoms with E-state index in [1.54, 1.807) is 0 Å². The number of piperidine rings is 2. The van der Waals surface area contributed by atoms with Gasteiger partial charge in [-0.05, 0) is 75.0 Å². The van der Waals surface area contributed by atoms with Gasteiger partial charge in [0.2, 0.25) is 5.91 Å². The van der Waals surface area contributed by atoms with Gasteiger partial charge < -0.3 is 24.2 Å². The summed E-state index contributed by atoms with van der Waals surface area (Å²) in [5.74, 6) is 1.04. The number of ether oxygens (including phenoxy) is 2. The fraction of sp³-hybridized carbons (Fsp3) is 0.552.